The standard InChI is InChI=1S/C24H31N3O3S/c1-17(2)25-24(29)26(14-18-8-9-18)15-23(28)27-12-10-22-20(11-13-31-22)21(27)16-30-19-6-4-3-5-7-19/h3-7,11,13,17-18,21H,8-10,12,14-16H2,1-2H3,(H,25,29)/t21-/m1/s1. The fourth-order valence-corrected chi connectivity index (χ4v) is 4.92. The lowest BCUT2D eigenvalue weighted by Crippen LogP contribution is -2.51. The molecule has 7 heteroatoms. The quantitative estimate of drug-likeness (QED) is 0.671. The van der Waals surface area contributed by atoms with E-state index in [0.717, 1.165) is 25.0 Å². The molecular formula is C24H31N3O3S. The number of hydrogen-bond acceptors (Lipinski definition) is 4. The Morgan fingerprint density at radius 2 is 2.00 bits per heavy atom. The first-order chi connectivity index (χ1) is 15.0. The van der Waals surface area contributed by atoms with Crippen LogP contribution in [0.15, 0.2) is 41.8 Å². The van der Waals surface area contributed by atoms with Crippen molar-refractivity contribution < 1.29 is 14.3 Å². The van der Waals surface area contributed by atoms with Crippen molar-refractivity contribution in [2.75, 3.05) is 26.2 Å². The average molecular weight is 442 g/mol. The molecule has 1 aromatic carbocycles. The summed E-state index contributed by atoms with van der Waals surface area (Å²) in [5, 5.41) is 5.03. The maximum Gasteiger partial charge on any atom is 0.318 e. The lowest BCUT2D eigenvalue weighted by Gasteiger charge is -2.37. The number of fused-ring (bicyclic) bond motifs is 1. The highest BCUT2D eigenvalue weighted by atomic mass is 32.1. The van der Waals surface area contributed by atoms with Crippen LogP contribution in [0.25, 0.3) is 0 Å². The Bertz CT molecular complexity index is 894. The van der Waals surface area contributed by atoms with Crippen molar-refractivity contribution in [3.63, 3.8) is 0 Å². The molecule has 0 saturated heterocycles. The number of nitrogens with zero attached hydrogens (tertiary/aromatic N) is 2. The molecule has 31 heavy (non-hydrogen) atoms. The monoisotopic (exact) mass is 441 g/mol. The maximum atomic E-state index is 13.4. The van der Waals surface area contributed by atoms with Crippen LogP contribution in [0.2, 0.25) is 0 Å². The molecule has 1 saturated carbocycles. The van der Waals surface area contributed by atoms with Gasteiger partial charge in [0.1, 0.15) is 18.9 Å². The zero-order valence-corrected chi connectivity index (χ0v) is 19.1. The predicted octanol–water partition coefficient (Wildman–Crippen LogP) is 4.08. The number of thiophene rings is 1. The Hall–Kier alpha value is -2.54. The van der Waals surface area contributed by atoms with Crippen molar-refractivity contribution in [3.8, 4) is 5.75 Å². The molecule has 1 fully saturated rings. The number of rotatable bonds is 8. The summed E-state index contributed by atoms with van der Waals surface area (Å²) in [6.45, 7) is 5.69. The van der Waals surface area contributed by atoms with Crippen molar-refractivity contribution in [2.24, 2.45) is 5.92 Å². The SMILES string of the molecule is CC(C)NC(=O)N(CC(=O)N1CCc2sccc2[C@H]1COc1ccccc1)CC1CC1. The van der Waals surface area contributed by atoms with E-state index in [1.54, 1.807) is 16.2 Å². The Labute approximate surface area is 188 Å². The van der Waals surface area contributed by atoms with Crippen LogP contribution >= 0.6 is 11.3 Å². The summed E-state index contributed by atoms with van der Waals surface area (Å²) in [5.74, 6) is 1.30. The Morgan fingerprint density at radius 1 is 1.23 bits per heavy atom. The molecule has 2 aliphatic rings. The number of nitrogens with one attached hydrogen (secondary N) is 1. The van der Waals surface area contributed by atoms with Crippen LogP contribution < -0.4 is 10.1 Å². The smallest absolute Gasteiger partial charge is 0.318 e. The zero-order chi connectivity index (χ0) is 21.8. The summed E-state index contributed by atoms with van der Waals surface area (Å²) in [7, 11) is 0. The molecule has 1 N–H and O–H groups in total. The van der Waals surface area contributed by atoms with E-state index in [1.807, 2.05) is 49.1 Å². The largest absolute Gasteiger partial charge is 0.491 e. The number of benzene rings is 1. The molecule has 3 amide bonds. The zero-order valence-electron chi connectivity index (χ0n) is 18.3. The van der Waals surface area contributed by atoms with Crippen molar-refractivity contribution in [1.29, 1.82) is 0 Å². The van der Waals surface area contributed by atoms with Crippen molar-refractivity contribution in [1.82, 2.24) is 15.1 Å². The summed E-state index contributed by atoms with van der Waals surface area (Å²) in [6.07, 6.45) is 3.12. The van der Waals surface area contributed by atoms with Crippen LogP contribution in [0.3, 0.4) is 0 Å². The van der Waals surface area contributed by atoms with Crippen LogP contribution in [-0.4, -0.2) is 54.0 Å². The van der Waals surface area contributed by atoms with Crippen LogP contribution in [0.1, 0.15) is 43.2 Å². The van der Waals surface area contributed by atoms with Gasteiger partial charge in [-0.25, -0.2) is 4.79 Å². The van der Waals surface area contributed by atoms with Crippen LogP contribution in [0.4, 0.5) is 4.79 Å². The number of carbonyl (C=O) groups is 2. The van der Waals surface area contributed by atoms with Crippen LogP contribution in [0.5, 0.6) is 5.75 Å². The third-order valence-corrected chi connectivity index (χ3v) is 6.76. The van der Waals surface area contributed by atoms with Crippen LogP contribution in [-0.2, 0) is 11.2 Å². The number of para-hydroxylation sites is 1. The molecule has 2 aromatic rings. The molecule has 0 bridgehead atoms. The third kappa shape index (κ3) is 5.58. The van der Waals surface area contributed by atoms with Gasteiger partial charge in [-0.1, -0.05) is 18.2 Å². The second-order valence-corrected chi connectivity index (χ2v) is 9.70. The number of urea groups is 1. The Morgan fingerprint density at radius 3 is 2.71 bits per heavy atom. The molecule has 1 aliphatic heterocycles. The van der Waals surface area contributed by atoms with Gasteiger partial charge < -0.3 is 19.9 Å². The minimum Gasteiger partial charge on any atom is -0.491 e. The highest BCUT2D eigenvalue weighted by Gasteiger charge is 2.35. The minimum atomic E-state index is -0.152. The average Bonchev–Trinajstić information content (AvgIpc) is 3.44. The molecule has 166 valence electrons. The van der Waals surface area contributed by atoms with Gasteiger partial charge in [0.25, 0.3) is 0 Å². The molecule has 0 radical (unpaired) electrons. The minimum absolute atomic E-state index is 0.0157. The second-order valence-electron chi connectivity index (χ2n) is 8.70. The summed E-state index contributed by atoms with van der Waals surface area (Å²) >= 11 is 1.74. The molecule has 4 rings (SSSR count). The number of carbonyl (C=O) groups excluding carboxylic acids is 2. The van der Waals surface area contributed by atoms with E-state index in [0.29, 0.717) is 25.6 Å². The maximum absolute atomic E-state index is 13.4. The van der Waals surface area contributed by atoms with Gasteiger partial charge >= 0.3 is 6.03 Å². The van der Waals surface area contributed by atoms with Crippen molar-refractivity contribution in [2.45, 2.75) is 45.2 Å². The van der Waals surface area contributed by atoms with E-state index < -0.39 is 0 Å². The van der Waals surface area contributed by atoms with E-state index >= 15 is 0 Å². The molecule has 1 aromatic heterocycles. The predicted molar refractivity (Wildman–Crippen MR) is 122 cm³/mol. The summed E-state index contributed by atoms with van der Waals surface area (Å²) in [5.41, 5.74) is 1.17. The normalized spacial score (nSPS) is 17.9. The summed E-state index contributed by atoms with van der Waals surface area (Å²) in [4.78, 5) is 31.0. The fourth-order valence-electron chi connectivity index (χ4n) is 3.99. The van der Waals surface area contributed by atoms with Crippen molar-refractivity contribution >= 4 is 23.3 Å². The molecule has 1 atom stereocenters. The van der Waals surface area contributed by atoms with Gasteiger partial charge in [0, 0.05) is 24.0 Å². The molecule has 1 aliphatic carbocycles. The summed E-state index contributed by atoms with van der Waals surface area (Å²) in [6, 6.07) is 11.5. The highest BCUT2D eigenvalue weighted by molar-refractivity contribution is 7.10. The van der Waals surface area contributed by atoms with Gasteiger partial charge in [-0.2, -0.15) is 0 Å². The third-order valence-electron chi connectivity index (χ3n) is 5.77. The van der Waals surface area contributed by atoms with E-state index in [1.165, 1.54) is 10.4 Å². The molecule has 6 nitrogen and oxygen atoms in total. The first kappa shape index (κ1) is 21.7. The van der Waals surface area contributed by atoms with E-state index in [2.05, 4.69) is 16.8 Å². The number of ether oxygens (including phenoxy) is 1. The van der Waals surface area contributed by atoms with Crippen molar-refractivity contribution in [3.05, 3.63) is 52.2 Å². The lowest BCUT2D eigenvalue weighted by molar-refractivity contribution is -0.135. The molecule has 2 heterocycles. The second kappa shape index (κ2) is 9.73. The van der Waals surface area contributed by atoms with Gasteiger partial charge in [-0.15, -0.1) is 11.3 Å². The van der Waals surface area contributed by atoms with E-state index in [4.69, 9.17) is 4.74 Å². The highest BCUT2D eigenvalue weighted by Crippen LogP contribution is 2.34. The summed E-state index contributed by atoms with van der Waals surface area (Å²) < 4.78 is 6.05. The topological polar surface area (TPSA) is 61.9 Å². The molecule has 0 unspecified atom stereocenters. The Balaban J connectivity index is 1.48. The molecular weight excluding hydrogens is 410 g/mol. The van der Waals surface area contributed by atoms with Gasteiger partial charge in [0.2, 0.25) is 5.91 Å². The van der Waals surface area contributed by atoms with Gasteiger partial charge in [0.15, 0.2) is 0 Å². The van der Waals surface area contributed by atoms with Gasteiger partial charge in [0.05, 0.1) is 6.04 Å². The van der Waals surface area contributed by atoms with E-state index in [9.17, 15) is 9.59 Å². The lowest BCUT2D eigenvalue weighted by atomic mass is 10.0. The number of amides is 3. The Kier molecular flexibility index (Phi) is 6.80. The van der Waals surface area contributed by atoms with Gasteiger partial charge in [-0.05, 0) is 68.2 Å². The molecule has 0 spiro atoms. The number of hydrogen-bond donors (Lipinski definition) is 1. The first-order valence-electron chi connectivity index (χ1n) is 11.1. The first-order valence-corrected chi connectivity index (χ1v) is 12.0. The van der Waals surface area contributed by atoms with Crippen LogP contribution in [0, 0.1) is 5.92 Å². The fraction of sp³-hybridized carbons (Fsp3) is 0.500. The van der Waals surface area contributed by atoms with E-state index in [-0.39, 0.29) is 30.6 Å². The van der Waals surface area contributed by atoms with Gasteiger partial charge in [-0.3, -0.25) is 4.79 Å².